The first-order valence-corrected chi connectivity index (χ1v) is 14.8. The van der Waals surface area contributed by atoms with E-state index in [9.17, 15) is 9.59 Å². The molecule has 0 saturated heterocycles. The molecule has 1 atom stereocenters. The summed E-state index contributed by atoms with van der Waals surface area (Å²) < 4.78 is 7.73. The highest BCUT2D eigenvalue weighted by atomic mass is 35.5. The van der Waals surface area contributed by atoms with E-state index in [0.717, 1.165) is 21.0 Å². The van der Waals surface area contributed by atoms with Crippen LogP contribution in [0.2, 0.25) is 5.02 Å². The van der Waals surface area contributed by atoms with Crippen molar-refractivity contribution >= 4 is 69.0 Å². The fourth-order valence-electron chi connectivity index (χ4n) is 4.29. The number of rotatable bonds is 6. The van der Waals surface area contributed by atoms with E-state index in [4.69, 9.17) is 21.3 Å². The lowest BCUT2D eigenvalue weighted by molar-refractivity contribution is 0.102. The van der Waals surface area contributed by atoms with Crippen LogP contribution in [-0.2, 0) is 0 Å². The van der Waals surface area contributed by atoms with Crippen LogP contribution in [0.1, 0.15) is 31.7 Å². The third-order valence-electron chi connectivity index (χ3n) is 6.14. The Hall–Kier alpha value is -3.76. The molecule has 3 aromatic heterocycles. The van der Waals surface area contributed by atoms with E-state index in [1.807, 2.05) is 71.4 Å². The number of hydrogen-bond donors (Lipinski definition) is 1. The summed E-state index contributed by atoms with van der Waals surface area (Å²) in [6, 6.07) is 20.1. The lowest BCUT2D eigenvalue weighted by atomic mass is 10.1. The molecule has 4 heterocycles. The number of ether oxygens (including phenoxy) is 1. The summed E-state index contributed by atoms with van der Waals surface area (Å²) in [7, 11) is 1.51. The number of thiophene rings is 2. The van der Waals surface area contributed by atoms with Gasteiger partial charge in [-0.15, -0.1) is 22.7 Å². The molecular formula is C29H20ClN3O3S3. The molecule has 0 saturated carbocycles. The first-order valence-electron chi connectivity index (χ1n) is 11.9. The Bertz CT molecular complexity index is 1870. The summed E-state index contributed by atoms with van der Waals surface area (Å²) in [5, 5.41) is 7.35. The average molecular weight is 590 g/mol. The quantitative estimate of drug-likeness (QED) is 0.262. The summed E-state index contributed by atoms with van der Waals surface area (Å²) >= 11 is 10.7. The van der Waals surface area contributed by atoms with Crippen molar-refractivity contribution in [1.29, 1.82) is 0 Å². The van der Waals surface area contributed by atoms with Crippen molar-refractivity contribution < 1.29 is 9.53 Å². The molecule has 1 aliphatic rings. The van der Waals surface area contributed by atoms with Gasteiger partial charge in [0.25, 0.3) is 11.5 Å². The minimum absolute atomic E-state index is 0.0460. The van der Waals surface area contributed by atoms with Gasteiger partial charge < -0.3 is 10.1 Å². The van der Waals surface area contributed by atoms with Crippen LogP contribution in [0.4, 0.5) is 5.69 Å². The zero-order valence-corrected chi connectivity index (χ0v) is 23.7. The molecule has 6 nitrogen and oxygen atoms in total. The van der Waals surface area contributed by atoms with Gasteiger partial charge in [-0.2, -0.15) is 0 Å². The monoisotopic (exact) mass is 589 g/mol. The molecule has 2 aromatic carbocycles. The van der Waals surface area contributed by atoms with Crippen LogP contribution in [0.15, 0.2) is 93.4 Å². The summed E-state index contributed by atoms with van der Waals surface area (Å²) in [4.78, 5) is 33.9. The highest BCUT2D eigenvalue weighted by molar-refractivity contribution is 7.11. The molecule has 0 fully saturated rings. The highest BCUT2D eigenvalue weighted by Crippen LogP contribution is 2.30. The number of allylic oxidation sites excluding steroid dienone is 1. The number of amides is 1. The van der Waals surface area contributed by atoms with Crippen LogP contribution in [0.3, 0.4) is 0 Å². The smallest absolute Gasteiger partial charge is 0.271 e. The van der Waals surface area contributed by atoms with Crippen LogP contribution < -0.4 is 24.9 Å². The number of benzene rings is 2. The molecule has 6 rings (SSSR count). The van der Waals surface area contributed by atoms with Crippen molar-refractivity contribution in [2.45, 2.75) is 6.04 Å². The van der Waals surface area contributed by atoms with Gasteiger partial charge in [0.1, 0.15) is 5.75 Å². The van der Waals surface area contributed by atoms with Crippen LogP contribution >= 0.6 is 45.6 Å². The van der Waals surface area contributed by atoms with E-state index in [1.54, 1.807) is 45.4 Å². The summed E-state index contributed by atoms with van der Waals surface area (Å²) in [6.45, 7) is 0. The molecular weight excluding hydrogens is 570 g/mol. The van der Waals surface area contributed by atoms with Crippen LogP contribution in [-0.4, -0.2) is 17.6 Å². The summed E-state index contributed by atoms with van der Waals surface area (Å²) in [5.41, 5.74) is 2.58. The molecule has 39 heavy (non-hydrogen) atoms. The van der Waals surface area contributed by atoms with Gasteiger partial charge in [-0.3, -0.25) is 14.2 Å². The third-order valence-corrected chi connectivity index (χ3v) is 9.12. The van der Waals surface area contributed by atoms with Crippen molar-refractivity contribution in [3.63, 3.8) is 0 Å². The van der Waals surface area contributed by atoms with E-state index < -0.39 is 0 Å². The first kappa shape index (κ1) is 25.5. The number of halogens is 1. The van der Waals surface area contributed by atoms with Gasteiger partial charge in [-0.1, -0.05) is 47.2 Å². The van der Waals surface area contributed by atoms with Crippen LogP contribution in [0.25, 0.3) is 11.8 Å². The Kier molecular flexibility index (Phi) is 7.05. The summed E-state index contributed by atoms with van der Waals surface area (Å²) in [5.74, 6) is 0.121. The maximum absolute atomic E-state index is 13.4. The van der Waals surface area contributed by atoms with Gasteiger partial charge in [-0.25, -0.2) is 4.99 Å². The fraction of sp³-hybridized carbons (Fsp3) is 0.0690. The number of carbonyl (C=O) groups is 1. The molecule has 194 valence electrons. The molecule has 5 aromatic rings. The van der Waals surface area contributed by atoms with E-state index >= 15 is 0 Å². The minimum Gasteiger partial charge on any atom is -0.496 e. The molecule has 0 spiro atoms. The predicted molar refractivity (Wildman–Crippen MR) is 160 cm³/mol. The van der Waals surface area contributed by atoms with Crippen molar-refractivity contribution in [3.8, 4) is 5.75 Å². The number of fused-ring (bicyclic) bond motifs is 1. The Balaban J connectivity index is 1.34. The number of aromatic nitrogens is 1. The second-order valence-electron chi connectivity index (χ2n) is 8.58. The molecule has 10 heteroatoms. The van der Waals surface area contributed by atoms with Gasteiger partial charge in [0.05, 0.1) is 28.9 Å². The zero-order chi connectivity index (χ0) is 26.9. The fourth-order valence-corrected chi connectivity index (χ4v) is 6.98. The van der Waals surface area contributed by atoms with Crippen molar-refractivity contribution in [2.24, 2.45) is 4.99 Å². The first-order chi connectivity index (χ1) is 19.0. The summed E-state index contributed by atoms with van der Waals surface area (Å²) in [6.07, 6.45) is 3.95. The lowest BCUT2D eigenvalue weighted by Gasteiger charge is -2.18. The Morgan fingerprint density at radius 3 is 2.59 bits per heavy atom. The maximum atomic E-state index is 13.4. The number of anilines is 1. The standard InChI is InChI=1S/C29H20ClN3O3S3/c1-36-24-11-8-18(30)14-21(24)27(34)31-19-9-6-17(7-10-19)22-16-23(25-5-3-13-38-25)33-28(35)26(39-29(33)32-22)15-20-4-2-12-37-20/h2-16,23H,1H3,(H,31,34)/b26-15+. The maximum Gasteiger partial charge on any atom is 0.271 e. The minimum atomic E-state index is -0.321. The normalized spacial score (nSPS) is 14.9. The zero-order valence-electron chi connectivity index (χ0n) is 20.5. The van der Waals surface area contributed by atoms with Gasteiger partial charge in [0, 0.05) is 26.0 Å². The molecule has 1 N–H and O–H groups in total. The second-order valence-corrected chi connectivity index (χ2v) is 12.0. The van der Waals surface area contributed by atoms with Crippen LogP contribution in [0, 0.1) is 0 Å². The van der Waals surface area contributed by atoms with Gasteiger partial charge in [0.2, 0.25) is 0 Å². The van der Waals surface area contributed by atoms with E-state index in [2.05, 4.69) is 5.32 Å². The number of methoxy groups -OCH3 is 1. The number of nitrogens with zero attached hydrogens (tertiary/aromatic N) is 2. The number of nitrogens with one attached hydrogen (secondary N) is 1. The molecule has 1 unspecified atom stereocenters. The molecule has 1 aliphatic heterocycles. The largest absolute Gasteiger partial charge is 0.496 e. The van der Waals surface area contributed by atoms with Crippen molar-refractivity contribution in [1.82, 2.24) is 4.57 Å². The topological polar surface area (TPSA) is 72.7 Å². The Morgan fingerprint density at radius 2 is 1.87 bits per heavy atom. The Morgan fingerprint density at radius 1 is 1.08 bits per heavy atom. The SMILES string of the molecule is COc1ccc(Cl)cc1C(=O)Nc1ccc(C2=CC(c3cccs3)n3c(s/c(=C/c4cccs4)c3=O)=N2)cc1. The molecule has 0 aliphatic carbocycles. The molecule has 0 bridgehead atoms. The van der Waals surface area contributed by atoms with E-state index in [0.29, 0.717) is 31.4 Å². The number of thiazole rings is 1. The van der Waals surface area contributed by atoms with E-state index in [1.165, 1.54) is 18.4 Å². The predicted octanol–water partition coefficient (Wildman–Crippen LogP) is 6.04. The van der Waals surface area contributed by atoms with Gasteiger partial charge in [0.15, 0.2) is 4.80 Å². The highest BCUT2D eigenvalue weighted by Gasteiger charge is 2.23. The number of hydrogen-bond acceptors (Lipinski definition) is 7. The average Bonchev–Trinajstić information content (AvgIpc) is 3.72. The third kappa shape index (κ3) is 5.14. The van der Waals surface area contributed by atoms with Crippen molar-refractivity contribution in [2.75, 3.05) is 12.4 Å². The van der Waals surface area contributed by atoms with E-state index in [-0.39, 0.29) is 17.5 Å². The second kappa shape index (κ2) is 10.8. The van der Waals surface area contributed by atoms with Crippen molar-refractivity contribution in [3.05, 3.63) is 129 Å². The van der Waals surface area contributed by atoms with Gasteiger partial charge in [-0.05, 0) is 65.4 Å². The lowest BCUT2D eigenvalue weighted by Crippen LogP contribution is -2.35. The molecule has 1 amide bonds. The number of carbonyl (C=O) groups excluding carboxylic acids is 1. The Labute approximate surface area is 240 Å². The van der Waals surface area contributed by atoms with Gasteiger partial charge >= 0.3 is 0 Å². The van der Waals surface area contributed by atoms with Crippen LogP contribution in [0.5, 0.6) is 5.75 Å². The molecule has 0 radical (unpaired) electrons.